The third-order valence-corrected chi connectivity index (χ3v) is 13.4. The summed E-state index contributed by atoms with van der Waals surface area (Å²) in [5, 5.41) is 0.216. The minimum atomic E-state index is -2.53. The first-order chi connectivity index (χ1) is 19.6. The maximum Gasteiger partial charge on any atom is 0.200 e. The fourth-order valence-corrected chi connectivity index (χ4v) is 11.9. The molecule has 11 heteroatoms. The van der Waals surface area contributed by atoms with Gasteiger partial charge in [-0.2, -0.15) is 11.8 Å². The van der Waals surface area contributed by atoms with Gasteiger partial charge in [0.1, 0.15) is 18.5 Å². The van der Waals surface area contributed by atoms with E-state index in [4.69, 9.17) is 0 Å². The van der Waals surface area contributed by atoms with Crippen LogP contribution in [0.1, 0.15) is 75.7 Å². The summed E-state index contributed by atoms with van der Waals surface area (Å²) in [5.74, 6) is -15.8. The Morgan fingerprint density at radius 2 is 1.20 bits per heavy atom. The molecule has 4 aliphatic carbocycles. The van der Waals surface area contributed by atoms with E-state index in [0.29, 0.717) is 19.3 Å². The predicted octanol–water partition coefficient (Wildman–Crippen LogP) is 8.14. The lowest BCUT2D eigenvalue weighted by molar-refractivity contribution is -0.124. The molecule has 4 bridgehead atoms. The van der Waals surface area contributed by atoms with Crippen molar-refractivity contribution in [1.29, 1.82) is 0 Å². The molecule has 14 atom stereocenters. The summed E-state index contributed by atoms with van der Waals surface area (Å²) in [4.78, 5) is 2.16. The van der Waals surface area contributed by atoms with Crippen LogP contribution in [0.5, 0.6) is 0 Å². The Labute approximate surface area is 238 Å². The molecule has 1 aromatic rings. The van der Waals surface area contributed by atoms with Gasteiger partial charge < -0.3 is 0 Å². The minimum Gasteiger partial charge on any atom is -0.291 e. The quantitative estimate of drug-likeness (QED) is 0.179. The molecule has 2 aliphatic heterocycles. The molecular weight excluding hydrogens is 577 g/mol. The molecule has 1 aromatic carbocycles. The molecule has 0 amide bonds. The Hall–Kier alpha value is -1.10. The molecule has 228 valence electrons. The van der Waals surface area contributed by atoms with Crippen molar-refractivity contribution in [3.63, 3.8) is 0 Å². The van der Waals surface area contributed by atoms with Gasteiger partial charge in [0, 0.05) is 51.9 Å². The Morgan fingerprint density at radius 1 is 0.561 bits per heavy atom. The molecular formula is C30H34F9NS. The SMILES string of the molecule is Fc1c(F)c(F)c(C2CCCC3C4C(F)C(F)C(F)C(C5CCC6SC7CCCCC7N(C6C5)C23)C4F)c(F)c1F. The maximum atomic E-state index is 16.5. The lowest BCUT2D eigenvalue weighted by atomic mass is 9.60. The van der Waals surface area contributed by atoms with Crippen LogP contribution in [0.4, 0.5) is 39.5 Å². The largest absolute Gasteiger partial charge is 0.291 e. The zero-order valence-electron chi connectivity index (χ0n) is 22.4. The van der Waals surface area contributed by atoms with Crippen LogP contribution < -0.4 is 0 Å². The summed E-state index contributed by atoms with van der Waals surface area (Å²) < 4.78 is 137. The van der Waals surface area contributed by atoms with E-state index in [1.807, 2.05) is 11.8 Å². The van der Waals surface area contributed by atoms with Gasteiger partial charge in [0.2, 0.25) is 5.82 Å². The third kappa shape index (κ3) is 4.16. The highest BCUT2D eigenvalue weighted by Crippen LogP contribution is 2.59. The molecule has 2 heterocycles. The average Bonchev–Trinajstić information content (AvgIpc) is 3.00. The molecule has 0 radical (unpaired) electrons. The summed E-state index contributed by atoms with van der Waals surface area (Å²) >= 11 is 1.84. The number of fused-ring (bicyclic) bond motifs is 9. The Balaban J connectivity index is 1.45. The maximum absolute atomic E-state index is 16.5. The number of alkyl halides is 4. The smallest absolute Gasteiger partial charge is 0.200 e. The summed E-state index contributed by atoms with van der Waals surface area (Å²) in [6, 6.07) is -1.33. The molecule has 14 unspecified atom stereocenters. The van der Waals surface area contributed by atoms with Gasteiger partial charge in [-0.05, 0) is 56.8 Å². The van der Waals surface area contributed by atoms with Crippen LogP contribution in [-0.2, 0) is 0 Å². The van der Waals surface area contributed by atoms with Crippen molar-refractivity contribution in [2.45, 2.75) is 123 Å². The number of benzene rings is 1. The topological polar surface area (TPSA) is 3.24 Å². The first-order valence-electron chi connectivity index (χ1n) is 15.1. The first kappa shape index (κ1) is 28.7. The van der Waals surface area contributed by atoms with Crippen molar-refractivity contribution < 1.29 is 39.5 Å². The van der Waals surface area contributed by atoms with E-state index in [9.17, 15) is 13.2 Å². The van der Waals surface area contributed by atoms with Gasteiger partial charge in [-0.15, -0.1) is 0 Å². The number of rotatable bonds is 1. The molecule has 6 fully saturated rings. The van der Waals surface area contributed by atoms with Gasteiger partial charge in [-0.25, -0.2) is 39.5 Å². The normalized spacial score (nSPS) is 47.9. The zero-order chi connectivity index (χ0) is 28.9. The monoisotopic (exact) mass is 611 g/mol. The highest BCUT2D eigenvalue weighted by molar-refractivity contribution is 8.00. The highest BCUT2D eigenvalue weighted by atomic mass is 32.2. The van der Waals surface area contributed by atoms with Gasteiger partial charge in [0.05, 0.1) is 0 Å². The second-order valence-corrected chi connectivity index (χ2v) is 14.7. The van der Waals surface area contributed by atoms with E-state index in [-0.39, 0.29) is 41.8 Å². The molecule has 0 spiro atoms. The first-order valence-corrected chi connectivity index (χ1v) is 16.1. The van der Waals surface area contributed by atoms with Crippen LogP contribution in [0, 0.1) is 52.8 Å². The van der Waals surface area contributed by atoms with Gasteiger partial charge >= 0.3 is 0 Å². The van der Waals surface area contributed by atoms with E-state index in [2.05, 4.69) is 4.90 Å². The number of hydrogen-bond donors (Lipinski definition) is 0. The average molecular weight is 612 g/mol. The lowest BCUT2D eigenvalue weighted by Crippen LogP contribution is -2.66. The Kier molecular flexibility index (Phi) is 7.35. The second kappa shape index (κ2) is 10.5. The summed E-state index contributed by atoms with van der Waals surface area (Å²) in [6.45, 7) is 0. The molecule has 2 saturated heterocycles. The fraction of sp³-hybridized carbons (Fsp3) is 0.800. The van der Waals surface area contributed by atoms with E-state index < -0.39 is 95.0 Å². The Morgan fingerprint density at radius 3 is 1.93 bits per heavy atom. The van der Waals surface area contributed by atoms with Crippen LogP contribution in [0.3, 0.4) is 0 Å². The van der Waals surface area contributed by atoms with Crippen LogP contribution in [0.2, 0.25) is 0 Å². The second-order valence-electron chi connectivity index (χ2n) is 13.3. The van der Waals surface area contributed by atoms with Crippen LogP contribution >= 0.6 is 11.8 Å². The molecule has 0 aromatic heterocycles. The predicted molar refractivity (Wildman–Crippen MR) is 137 cm³/mol. The van der Waals surface area contributed by atoms with E-state index in [1.54, 1.807) is 0 Å². The summed E-state index contributed by atoms with van der Waals surface area (Å²) in [6.07, 6.45) is -3.84. The van der Waals surface area contributed by atoms with Gasteiger partial charge in [0.25, 0.3) is 0 Å². The van der Waals surface area contributed by atoms with Crippen molar-refractivity contribution in [2.75, 3.05) is 0 Å². The van der Waals surface area contributed by atoms with Gasteiger partial charge in [-0.3, -0.25) is 4.90 Å². The van der Waals surface area contributed by atoms with Gasteiger partial charge in [-0.1, -0.05) is 19.3 Å². The molecule has 1 nitrogen and oxygen atoms in total. The van der Waals surface area contributed by atoms with Crippen molar-refractivity contribution in [1.82, 2.24) is 4.90 Å². The number of thioether (sulfide) groups is 1. The number of hydrogen-bond acceptors (Lipinski definition) is 2. The van der Waals surface area contributed by atoms with Crippen LogP contribution in [-0.4, -0.2) is 58.2 Å². The molecule has 7 rings (SSSR count). The minimum absolute atomic E-state index is 0.0571. The van der Waals surface area contributed by atoms with Crippen molar-refractivity contribution in [2.24, 2.45) is 23.7 Å². The highest BCUT2D eigenvalue weighted by Gasteiger charge is 2.64. The molecule has 6 aliphatic rings. The van der Waals surface area contributed by atoms with Crippen molar-refractivity contribution >= 4 is 11.8 Å². The lowest BCUT2D eigenvalue weighted by Gasteiger charge is -2.60. The summed E-state index contributed by atoms with van der Waals surface area (Å²) in [7, 11) is 0. The molecule has 4 saturated carbocycles. The van der Waals surface area contributed by atoms with Crippen LogP contribution in [0.15, 0.2) is 0 Å². The fourth-order valence-electron chi connectivity index (χ4n) is 9.99. The van der Waals surface area contributed by atoms with E-state index in [0.717, 1.165) is 25.7 Å². The number of nitrogens with zero attached hydrogens (tertiary/aromatic N) is 1. The molecule has 41 heavy (non-hydrogen) atoms. The van der Waals surface area contributed by atoms with E-state index >= 15 is 26.3 Å². The van der Waals surface area contributed by atoms with Crippen LogP contribution in [0.25, 0.3) is 0 Å². The van der Waals surface area contributed by atoms with Crippen molar-refractivity contribution in [3.05, 3.63) is 34.6 Å². The zero-order valence-corrected chi connectivity index (χ0v) is 23.2. The third-order valence-electron chi connectivity index (χ3n) is 11.6. The van der Waals surface area contributed by atoms with Crippen molar-refractivity contribution in [3.8, 4) is 0 Å². The number of halogens is 9. The molecule has 0 N–H and O–H groups in total. The summed E-state index contributed by atoms with van der Waals surface area (Å²) in [5.41, 5.74) is -0.941. The Bertz CT molecular complexity index is 1160. The van der Waals surface area contributed by atoms with Gasteiger partial charge in [0.15, 0.2) is 29.4 Å². The standard InChI is InChI=1S/C30H34F9NS/c31-21-18-11-8-9-17-15(10-11)40(14-6-1-2-7-16(14)41-17)30-12(19(21)23(33)26(36)22(18)32)4-3-5-13(30)20-24(34)27(37)29(39)28(38)25(20)35/h11-19,21-23,26,30H,1-10H2. The van der Waals surface area contributed by atoms with E-state index in [1.165, 1.54) is 0 Å².